The van der Waals surface area contributed by atoms with E-state index >= 15 is 0 Å². The number of benzene rings is 2. The Hall–Kier alpha value is -3.55. The predicted octanol–water partition coefficient (Wildman–Crippen LogP) is 3.61. The van der Waals surface area contributed by atoms with Gasteiger partial charge in [-0.2, -0.15) is 0 Å². The molecule has 0 spiro atoms. The van der Waals surface area contributed by atoms with Crippen molar-refractivity contribution in [3.8, 4) is 11.5 Å². The number of nitro benzene ring substituents is 1. The summed E-state index contributed by atoms with van der Waals surface area (Å²) >= 11 is 0. The van der Waals surface area contributed by atoms with Gasteiger partial charge in [0.2, 0.25) is 0 Å². The monoisotopic (exact) mass is 342 g/mol. The van der Waals surface area contributed by atoms with Crippen LogP contribution in [0.5, 0.6) is 11.5 Å². The highest BCUT2D eigenvalue weighted by Crippen LogP contribution is 2.31. The lowest BCUT2D eigenvalue weighted by molar-refractivity contribution is -0.384. The van der Waals surface area contributed by atoms with Crippen LogP contribution in [0, 0.1) is 10.1 Å². The first-order valence-electron chi connectivity index (χ1n) is 7.24. The minimum absolute atomic E-state index is 0.0491. The summed E-state index contributed by atoms with van der Waals surface area (Å²) in [6, 6.07) is 10.8. The van der Waals surface area contributed by atoms with Crippen LogP contribution >= 0.6 is 0 Å². The summed E-state index contributed by atoms with van der Waals surface area (Å²) in [5.74, 6) is 0.294. The lowest BCUT2D eigenvalue weighted by Crippen LogP contribution is -2.12. The average Bonchev–Trinajstić information content (AvgIpc) is 3.06. The van der Waals surface area contributed by atoms with Crippen LogP contribution in [-0.4, -0.2) is 25.1 Å². The maximum absolute atomic E-state index is 12.5. The van der Waals surface area contributed by atoms with Gasteiger partial charge >= 0.3 is 0 Å². The molecule has 0 aliphatic rings. The molecule has 0 saturated carbocycles. The number of methoxy groups -OCH3 is 2. The number of nitrogens with one attached hydrogen (secondary N) is 1. The zero-order valence-corrected chi connectivity index (χ0v) is 13.4. The van der Waals surface area contributed by atoms with Crippen molar-refractivity contribution in [2.45, 2.75) is 0 Å². The van der Waals surface area contributed by atoms with Gasteiger partial charge in [-0.25, -0.2) is 0 Å². The van der Waals surface area contributed by atoms with E-state index in [1.807, 2.05) is 0 Å². The normalized spacial score (nSPS) is 10.5. The zero-order chi connectivity index (χ0) is 18.0. The molecule has 1 N–H and O–H groups in total. The van der Waals surface area contributed by atoms with Gasteiger partial charge in [0.05, 0.1) is 24.8 Å². The van der Waals surface area contributed by atoms with Crippen molar-refractivity contribution in [1.82, 2.24) is 0 Å². The molecule has 0 saturated heterocycles. The van der Waals surface area contributed by atoms with Gasteiger partial charge < -0.3 is 19.2 Å². The summed E-state index contributed by atoms with van der Waals surface area (Å²) < 4.78 is 15.9. The van der Waals surface area contributed by atoms with Gasteiger partial charge in [0.25, 0.3) is 11.6 Å². The van der Waals surface area contributed by atoms with Crippen LogP contribution in [0.4, 0.5) is 11.4 Å². The van der Waals surface area contributed by atoms with E-state index in [1.54, 1.807) is 24.3 Å². The first kappa shape index (κ1) is 16.3. The maximum Gasteiger partial charge on any atom is 0.291 e. The van der Waals surface area contributed by atoms with Gasteiger partial charge in [0.1, 0.15) is 5.75 Å². The van der Waals surface area contributed by atoms with Crippen LogP contribution in [0.25, 0.3) is 11.0 Å². The summed E-state index contributed by atoms with van der Waals surface area (Å²) in [6.07, 6.45) is 0. The summed E-state index contributed by atoms with van der Waals surface area (Å²) in [7, 11) is 2.91. The number of non-ortho nitro benzene ring substituents is 1. The van der Waals surface area contributed by atoms with Crippen molar-refractivity contribution < 1.29 is 23.6 Å². The van der Waals surface area contributed by atoms with Gasteiger partial charge in [-0.15, -0.1) is 0 Å². The molecule has 0 unspecified atom stereocenters. The first-order valence-corrected chi connectivity index (χ1v) is 7.24. The van der Waals surface area contributed by atoms with E-state index in [4.69, 9.17) is 13.9 Å². The third-order valence-electron chi connectivity index (χ3n) is 3.59. The Labute approximate surface area is 142 Å². The van der Waals surface area contributed by atoms with Crippen molar-refractivity contribution in [2.24, 2.45) is 0 Å². The number of carbonyl (C=O) groups is 1. The molecule has 128 valence electrons. The Morgan fingerprint density at radius 2 is 1.88 bits per heavy atom. The van der Waals surface area contributed by atoms with Crippen molar-refractivity contribution >= 4 is 28.3 Å². The molecule has 0 bridgehead atoms. The highest BCUT2D eigenvalue weighted by atomic mass is 16.6. The number of hydrogen-bond donors (Lipinski definition) is 1. The second-order valence-electron chi connectivity index (χ2n) is 5.09. The third kappa shape index (κ3) is 3.09. The smallest absolute Gasteiger partial charge is 0.291 e. The first-order chi connectivity index (χ1) is 12.0. The van der Waals surface area contributed by atoms with Crippen LogP contribution in [0.15, 0.2) is 46.9 Å². The van der Waals surface area contributed by atoms with E-state index in [9.17, 15) is 14.9 Å². The molecule has 8 heteroatoms. The van der Waals surface area contributed by atoms with E-state index in [0.717, 1.165) is 0 Å². The van der Waals surface area contributed by atoms with Crippen LogP contribution in [0.2, 0.25) is 0 Å². The summed E-state index contributed by atoms with van der Waals surface area (Å²) in [6.45, 7) is 0. The standard InChI is InChI=1S/C17H14N2O6/c1-23-13-7-6-11(19(21)22)9-12(13)18-17(20)15-8-10-4-3-5-14(24-2)16(10)25-15/h3-9H,1-2H3,(H,18,20). The molecule has 3 aromatic rings. The fourth-order valence-electron chi connectivity index (χ4n) is 2.40. The molecular weight excluding hydrogens is 328 g/mol. The number of fused-ring (bicyclic) bond motifs is 1. The van der Waals surface area contributed by atoms with Crippen LogP contribution < -0.4 is 14.8 Å². The molecule has 2 aromatic carbocycles. The van der Waals surface area contributed by atoms with Gasteiger partial charge in [0.15, 0.2) is 17.1 Å². The molecule has 0 aliphatic carbocycles. The lowest BCUT2D eigenvalue weighted by Gasteiger charge is -2.08. The number of furan rings is 1. The Kier molecular flexibility index (Phi) is 4.25. The largest absolute Gasteiger partial charge is 0.495 e. The molecule has 0 fully saturated rings. The highest BCUT2D eigenvalue weighted by molar-refractivity contribution is 6.05. The predicted molar refractivity (Wildman–Crippen MR) is 90.4 cm³/mol. The van der Waals surface area contributed by atoms with Gasteiger partial charge in [-0.1, -0.05) is 12.1 Å². The number of para-hydroxylation sites is 1. The van der Waals surface area contributed by atoms with E-state index in [1.165, 1.54) is 32.4 Å². The fraction of sp³-hybridized carbons (Fsp3) is 0.118. The zero-order valence-electron chi connectivity index (χ0n) is 13.4. The maximum atomic E-state index is 12.5. The molecule has 0 radical (unpaired) electrons. The minimum Gasteiger partial charge on any atom is -0.495 e. The second-order valence-corrected chi connectivity index (χ2v) is 5.09. The molecule has 3 rings (SSSR count). The average molecular weight is 342 g/mol. The second kappa shape index (κ2) is 6.52. The third-order valence-corrected chi connectivity index (χ3v) is 3.59. The van der Waals surface area contributed by atoms with E-state index in [2.05, 4.69) is 5.32 Å². The molecule has 1 amide bonds. The number of nitro groups is 1. The molecule has 25 heavy (non-hydrogen) atoms. The topological polar surface area (TPSA) is 104 Å². The fourth-order valence-corrected chi connectivity index (χ4v) is 2.40. The van der Waals surface area contributed by atoms with Gasteiger partial charge in [0, 0.05) is 17.5 Å². The van der Waals surface area contributed by atoms with Crippen LogP contribution in [0.1, 0.15) is 10.6 Å². The van der Waals surface area contributed by atoms with Crippen LogP contribution in [-0.2, 0) is 0 Å². The molecule has 0 atom stereocenters. The number of rotatable bonds is 5. The van der Waals surface area contributed by atoms with Crippen molar-refractivity contribution in [3.05, 3.63) is 58.3 Å². The molecular formula is C17H14N2O6. The number of anilines is 1. The number of nitrogens with zero attached hydrogens (tertiary/aromatic N) is 1. The van der Waals surface area contributed by atoms with Gasteiger partial charge in [-0.05, 0) is 18.2 Å². The van der Waals surface area contributed by atoms with Crippen molar-refractivity contribution in [2.75, 3.05) is 19.5 Å². The Bertz CT molecular complexity index is 963. The Balaban J connectivity index is 1.95. The number of carbonyl (C=O) groups excluding carboxylic acids is 1. The van der Waals surface area contributed by atoms with E-state index in [0.29, 0.717) is 22.5 Å². The Morgan fingerprint density at radius 1 is 1.12 bits per heavy atom. The molecule has 0 aliphatic heterocycles. The van der Waals surface area contributed by atoms with Crippen LogP contribution in [0.3, 0.4) is 0 Å². The highest BCUT2D eigenvalue weighted by Gasteiger charge is 2.18. The SMILES string of the molecule is COc1ccc([N+](=O)[O-])cc1NC(=O)c1cc2cccc(OC)c2o1. The number of hydrogen-bond acceptors (Lipinski definition) is 6. The summed E-state index contributed by atoms with van der Waals surface area (Å²) in [4.78, 5) is 22.8. The molecule has 1 heterocycles. The van der Waals surface area contributed by atoms with Crippen molar-refractivity contribution in [1.29, 1.82) is 0 Å². The minimum atomic E-state index is -0.558. The van der Waals surface area contributed by atoms with E-state index in [-0.39, 0.29) is 17.1 Å². The number of ether oxygens (including phenoxy) is 2. The van der Waals surface area contributed by atoms with Crippen molar-refractivity contribution in [3.63, 3.8) is 0 Å². The summed E-state index contributed by atoms with van der Waals surface area (Å²) in [5, 5.41) is 14.2. The quantitative estimate of drug-likeness (QED) is 0.561. The number of amides is 1. The van der Waals surface area contributed by atoms with E-state index < -0.39 is 10.8 Å². The lowest BCUT2D eigenvalue weighted by atomic mass is 10.2. The summed E-state index contributed by atoms with van der Waals surface area (Å²) in [5.41, 5.74) is 0.456. The van der Waals surface area contributed by atoms with Gasteiger partial charge in [-0.3, -0.25) is 14.9 Å². The Morgan fingerprint density at radius 3 is 2.56 bits per heavy atom. The molecule has 1 aromatic heterocycles. The molecule has 8 nitrogen and oxygen atoms in total.